The average molecular weight is 661 g/mol. The highest BCUT2D eigenvalue weighted by Crippen LogP contribution is 2.32. The van der Waals surface area contributed by atoms with Crippen molar-refractivity contribution in [2.75, 3.05) is 36.0 Å². The standard InChI is InChI=1S/C41H45N3O3S/c1-5-42(6-2)37-23-17-34(18-24-37)41(35-19-25-38(26-20-35)43(7-3)30-32-13-10-9-11-14-32)36-21-27-39(28-22-36)44(8-4)31-33-15-12-16-40(29-33)48(45,46)47/h9-29H,5-8,30-31H2,1-4H3/p+1. The van der Waals surface area contributed by atoms with Crippen molar-refractivity contribution < 1.29 is 17.5 Å². The fourth-order valence-electron chi connectivity index (χ4n) is 6.21. The number of benzene rings is 4. The third kappa shape index (κ3) is 8.40. The summed E-state index contributed by atoms with van der Waals surface area (Å²) in [5, 5.41) is 0. The summed E-state index contributed by atoms with van der Waals surface area (Å²) in [6.07, 6.45) is 8.59. The van der Waals surface area contributed by atoms with E-state index in [9.17, 15) is 13.0 Å². The summed E-state index contributed by atoms with van der Waals surface area (Å²) in [7, 11) is -4.26. The number of nitrogens with zero attached hydrogens (tertiary/aromatic N) is 3. The van der Waals surface area contributed by atoms with E-state index >= 15 is 0 Å². The summed E-state index contributed by atoms with van der Waals surface area (Å²) in [5.74, 6) is 0. The lowest BCUT2D eigenvalue weighted by atomic mass is 9.90. The van der Waals surface area contributed by atoms with Gasteiger partial charge in [-0.2, -0.15) is 8.42 Å². The van der Waals surface area contributed by atoms with Crippen LogP contribution in [0.25, 0.3) is 5.57 Å². The predicted molar refractivity (Wildman–Crippen MR) is 200 cm³/mol. The zero-order valence-electron chi connectivity index (χ0n) is 28.4. The first-order valence-corrected chi connectivity index (χ1v) is 18.2. The molecule has 0 atom stereocenters. The highest BCUT2D eigenvalue weighted by atomic mass is 32.2. The van der Waals surface area contributed by atoms with E-state index in [2.05, 4.69) is 145 Å². The van der Waals surface area contributed by atoms with Gasteiger partial charge in [-0.1, -0.05) is 66.7 Å². The molecule has 0 saturated carbocycles. The zero-order chi connectivity index (χ0) is 34.1. The van der Waals surface area contributed by atoms with Crippen molar-refractivity contribution in [3.8, 4) is 0 Å². The first-order valence-electron chi connectivity index (χ1n) is 16.8. The molecule has 1 aliphatic carbocycles. The molecule has 0 bridgehead atoms. The molecule has 1 N–H and O–H groups in total. The van der Waals surface area contributed by atoms with E-state index in [0.717, 1.165) is 66.3 Å². The Morgan fingerprint density at radius 3 is 1.71 bits per heavy atom. The van der Waals surface area contributed by atoms with Gasteiger partial charge in [-0.3, -0.25) is 4.55 Å². The molecule has 6 nitrogen and oxygen atoms in total. The van der Waals surface area contributed by atoms with Crippen LogP contribution >= 0.6 is 0 Å². The van der Waals surface area contributed by atoms with Gasteiger partial charge < -0.3 is 9.80 Å². The van der Waals surface area contributed by atoms with Crippen molar-refractivity contribution >= 4 is 32.8 Å². The molecule has 4 aromatic carbocycles. The fraction of sp³-hybridized carbons (Fsp3) is 0.244. The van der Waals surface area contributed by atoms with E-state index in [1.165, 1.54) is 29.1 Å². The molecule has 248 valence electrons. The van der Waals surface area contributed by atoms with Crippen LogP contribution in [0.5, 0.6) is 0 Å². The van der Waals surface area contributed by atoms with Gasteiger partial charge in [0.15, 0.2) is 12.3 Å². The molecule has 0 amide bonds. The normalized spacial score (nSPS) is 12.7. The zero-order valence-corrected chi connectivity index (χ0v) is 29.2. The number of anilines is 2. The molecule has 0 fully saturated rings. The van der Waals surface area contributed by atoms with Crippen molar-refractivity contribution in [3.63, 3.8) is 0 Å². The Morgan fingerprint density at radius 1 is 0.646 bits per heavy atom. The molecule has 0 unspecified atom stereocenters. The Bertz CT molecular complexity index is 1900. The lowest BCUT2D eigenvalue weighted by molar-refractivity contribution is -0.539. The van der Waals surface area contributed by atoms with E-state index < -0.39 is 10.1 Å². The highest BCUT2D eigenvalue weighted by molar-refractivity contribution is 7.85. The minimum atomic E-state index is -4.26. The average Bonchev–Trinajstić information content (AvgIpc) is 3.12. The van der Waals surface area contributed by atoms with E-state index in [-0.39, 0.29) is 4.90 Å². The molecular formula is C41H46N3O3S+. The Morgan fingerprint density at radius 2 is 1.19 bits per heavy atom. The lowest BCUT2D eigenvalue weighted by Gasteiger charge is -2.24. The van der Waals surface area contributed by atoms with Crippen LogP contribution in [0.15, 0.2) is 138 Å². The van der Waals surface area contributed by atoms with Crippen LogP contribution in [-0.4, -0.2) is 49.4 Å². The molecule has 0 saturated heterocycles. The third-order valence-electron chi connectivity index (χ3n) is 8.88. The van der Waals surface area contributed by atoms with E-state index in [1.807, 2.05) is 6.07 Å². The quantitative estimate of drug-likeness (QED) is 0.115. The second-order valence-corrected chi connectivity index (χ2v) is 13.2. The maximum atomic E-state index is 11.7. The molecule has 0 aliphatic heterocycles. The lowest BCUT2D eigenvalue weighted by Crippen LogP contribution is -2.21. The molecule has 0 spiro atoms. The van der Waals surface area contributed by atoms with Gasteiger partial charge in [0, 0.05) is 55.3 Å². The topological polar surface area (TPSA) is 63.9 Å². The number of hydrogen-bond acceptors (Lipinski definition) is 4. The first-order chi connectivity index (χ1) is 23.2. The second-order valence-electron chi connectivity index (χ2n) is 11.8. The van der Waals surface area contributed by atoms with Crippen molar-refractivity contribution in [2.24, 2.45) is 0 Å². The molecule has 5 rings (SSSR count). The summed E-state index contributed by atoms with van der Waals surface area (Å²) < 4.78 is 35.1. The number of rotatable bonds is 13. The minimum Gasteiger partial charge on any atom is -0.372 e. The Hall–Kier alpha value is -4.72. The monoisotopic (exact) mass is 660 g/mol. The summed E-state index contributed by atoms with van der Waals surface area (Å²) in [5.41, 5.74) is 10.1. The molecule has 48 heavy (non-hydrogen) atoms. The van der Waals surface area contributed by atoms with Gasteiger partial charge in [0.25, 0.3) is 10.1 Å². The van der Waals surface area contributed by atoms with Gasteiger partial charge in [-0.05, 0) is 104 Å². The molecule has 0 aromatic heterocycles. The van der Waals surface area contributed by atoms with Gasteiger partial charge in [0.1, 0.15) is 6.54 Å². The van der Waals surface area contributed by atoms with E-state index in [0.29, 0.717) is 6.54 Å². The first kappa shape index (κ1) is 34.6. The molecule has 4 aromatic rings. The smallest absolute Gasteiger partial charge is 0.294 e. The molecule has 0 heterocycles. The van der Waals surface area contributed by atoms with Crippen LogP contribution in [-0.2, 0) is 23.2 Å². The minimum absolute atomic E-state index is 0.0919. The SMILES string of the molecule is CCN(CC)c1ccc(C(=C2C=CC(=[N+](CC)Cc3cccc(S(=O)(=O)O)c3)C=C2)c2ccc(N(CC)Cc3ccccc3)cc2)cc1. The van der Waals surface area contributed by atoms with Crippen molar-refractivity contribution in [1.29, 1.82) is 0 Å². The van der Waals surface area contributed by atoms with E-state index in [1.54, 1.807) is 6.07 Å². The summed E-state index contributed by atoms with van der Waals surface area (Å²) in [4.78, 5) is 4.65. The van der Waals surface area contributed by atoms with Crippen LogP contribution in [0.1, 0.15) is 49.9 Å². The summed E-state index contributed by atoms with van der Waals surface area (Å²) in [6.45, 7) is 13.6. The maximum absolute atomic E-state index is 11.7. The maximum Gasteiger partial charge on any atom is 0.294 e. The fourth-order valence-corrected chi connectivity index (χ4v) is 6.76. The van der Waals surface area contributed by atoms with Gasteiger partial charge >= 0.3 is 0 Å². The summed E-state index contributed by atoms with van der Waals surface area (Å²) in [6, 6.07) is 34.8. The Labute approximate surface area is 286 Å². The summed E-state index contributed by atoms with van der Waals surface area (Å²) >= 11 is 0. The van der Waals surface area contributed by atoms with E-state index in [4.69, 9.17) is 0 Å². The van der Waals surface area contributed by atoms with Gasteiger partial charge in [-0.15, -0.1) is 0 Å². The number of allylic oxidation sites excluding steroid dienone is 5. The van der Waals surface area contributed by atoms with Gasteiger partial charge in [-0.25, -0.2) is 4.58 Å². The van der Waals surface area contributed by atoms with Crippen molar-refractivity contribution in [2.45, 2.75) is 45.7 Å². The molecule has 0 radical (unpaired) electrons. The third-order valence-corrected chi connectivity index (χ3v) is 9.73. The van der Waals surface area contributed by atoms with Crippen LogP contribution in [0.3, 0.4) is 0 Å². The van der Waals surface area contributed by atoms with Crippen LogP contribution < -0.4 is 9.80 Å². The highest BCUT2D eigenvalue weighted by Gasteiger charge is 2.18. The van der Waals surface area contributed by atoms with Gasteiger partial charge in [0.2, 0.25) is 0 Å². The van der Waals surface area contributed by atoms with Crippen LogP contribution in [0, 0.1) is 0 Å². The Balaban J connectivity index is 1.50. The molecule has 7 heteroatoms. The number of hydrogen-bond donors (Lipinski definition) is 1. The Kier molecular flexibility index (Phi) is 11.5. The largest absolute Gasteiger partial charge is 0.372 e. The predicted octanol–water partition coefficient (Wildman–Crippen LogP) is 8.41. The van der Waals surface area contributed by atoms with Crippen molar-refractivity contribution in [1.82, 2.24) is 0 Å². The molecule has 1 aliphatic rings. The molecular weight excluding hydrogens is 615 g/mol. The van der Waals surface area contributed by atoms with Gasteiger partial charge in [0.05, 0.1) is 4.90 Å². The second kappa shape index (κ2) is 15.9. The van der Waals surface area contributed by atoms with Crippen LogP contribution in [0.4, 0.5) is 11.4 Å². The van der Waals surface area contributed by atoms with Crippen molar-refractivity contribution in [3.05, 3.63) is 155 Å². The van der Waals surface area contributed by atoms with Crippen LogP contribution in [0.2, 0.25) is 0 Å².